The molecule has 0 radical (unpaired) electrons. The molecule has 0 fully saturated rings. The first-order valence-corrected chi connectivity index (χ1v) is 8.47. The van der Waals surface area contributed by atoms with Crippen LogP contribution in [0.25, 0.3) is 5.69 Å². The van der Waals surface area contributed by atoms with Gasteiger partial charge in [-0.15, -0.1) is 0 Å². The SMILES string of the molecule is CCOc1c/c(=N/C(=O)Nc2ccccc2OC)cnn1-c1ccccc1. The van der Waals surface area contributed by atoms with E-state index in [1.54, 1.807) is 36.1 Å². The first-order valence-electron chi connectivity index (χ1n) is 8.47. The van der Waals surface area contributed by atoms with Crippen LogP contribution in [0.5, 0.6) is 11.6 Å². The monoisotopic (exact) mass is 364 g/mol. The summed E-state index contributed by atoms with van der Waals surface area (Å²) in [5.74, 6) is 1.05. The Morgan fingerprint density at radius 2 is 1.89 bits per heavy atom. The van der Waals surface area contributed by atoms with Crippen LogP contribution in [-0.4, -0.2) is 29.5 Å². The molecule has 0 aliphatic carbocycles. The Labute approximate surface area is 156 Å². The fraction of sp³-hybridized carbons (Fsp3) is 0.150. The lowest BCUT2D eigenvalue weighted by molar-refractivity contribution is 0.258. The van der Waals surface area contributed by atoms with Crippen molar-refractivity contribution in [3.05, 3.63) is 72.2 Å². The van der Waals surface area contributed by atoms with Crippen LogP contribution in [-0.2, 0) is 0 Å². The second-order valence-electron chi connectivity index (χ2n) is 5.47. The Bertz CT molecular complexity index is 984. The van der Waals surface area contributed by atoms with Crippen LogP contribution in [0.1, 0.15) is 6.92 Å². The van der Waals surface area contributed by atoms with Gasteiger partial charge >= 0.3 is 6.03 Å². The van der Waals surface area contributed by atoms with E-state index in [2.05, 4.69) is 15.4 Å². The summed E-state index contributed by atoms with van der Waals surface area (Å²) in [6.07, 6.45) is 1.51. The Morgan fingerprint density at radius 3 is 2.63 bits per heavy atom. The zero-order valence-electron chi connectivity index (χ0n) is 15.1. The molecule has 0 saturated carbocycles. The second-order valence-corrected chi connectivity index (χ2v) is 5.47. The van der Waals surface area contributed by atoms with Crippen molar-refractivity contribution in [2.45, 2.75) is 6.92 Å². The van der Waals surface area contributed by atoms with E-state index in [4.69, 9.17) is 9.47 Å². The molecule has 0 aliphatic rings. The van der Waals surface area contributed by atoms with Crippen LogP contribution >= 0.6 is 0 Å². The van der Waals surface area contributed by atoms with E-state index in [0.29, 0.717) is 29.3 Å². The number of hydrogen-bond acceptors (Lipinski definition) is 4. The largest absolute Gasteiger partial charge is 0.495 e. The average molecular weight is 364 g/mol. The van der Waals surface area contributed by atoms with Crippen LogP contribution < -0.4 is 20.1 Å². The summed E-state index contributed by atoms with van der Waals surface area (Å²) in [6, 6.07) is 17.9. The average Bonchev–Trinajstić information content (AvgIpc) is 2.69. The van der Waals surface area contributed by atoms with E-state index in [9.17, 15) is 4.79 Å². The van der Waals surface area contributed by atoms with Gasteiger partial charge in [0.25, 0.3) is 0 Å². The normalized spacial score (nSPS) is 11.1. The van der Waals surface area contributed by atoms with Crippen LogP contribution in [0.2, 0.25) is 0 Å². The maximum absolute atomic E-state index is 12.3. The quantitative estimate of drug-likeness (QED) is 0.752. The number of urea groups is 1. The number of aromatic nitrogens is 2. The minimum Gasteiger partial charge on any atom is -0.495 e. The van der Waals surface area contributed by atoms with Crippen LogP contribution in [0.4, 0.5) is 10.5 Å². The fourth-order valence-electron chi connectivity index (χ4n) is 2.48. The maximum atomic E-state index is 12.3. The second kappa shape index (κ2) is 8.66. The van der Waals surface area contributed by atoms with Gasteiger partial charge in [-0.25, -0.2) is 9.48 Å². The van der Waals surface area contributed by atoms with Crippen molar-refractivity contribution >= 4 is 11.7 Å². The van der Waals surface area contributed by atoms with Gasteiger partial charge in [0.05, 0.1) is 36.6 Å². The third-order valence-electron chi connectivity index (χ3n) is 3.66. The third kappa shape index (κ3) is 4.52. The number of hydrogen-bond donors (Lipinski definition) is 1. The Hall–Kier alpha value is -3.61. The number of ether oxygens (including phenoxy) is 2. The van der Waals surface area contributed by atoms with E-state index in [-0.39, 0.29) is 0 Å². The zero-order chi connectivity index (χ0) is 19.1. The number of rotatable bonds is 5. The summed E-state index contributed by atoms with van der Waals surface area (Å²) >= 11 is 0. The van der Waals surface area contributed by atoms with Crippen LogP contribution in [0, 0.1) is 0 Å². The number of benzene rings is 2. The number of methoxy groups -OCH3 is 1. The molecule has 0 bridgehead atoms. The minimum absolute atomic E-state index is 0.387. The molecule has 3 aromatic rings. The first-order chi connectivity index (χ1) is 13.2. The molecule has 138 valence electrons. The van der Waals surface area contributed by atoms with Gasteiger partial charge in [-0.1, -0.05) is 30.3 Å². The van der Waals surface area contributed by atoms with E-state index < -0.39 is 6.03 Å². The molecule has 7 heteroatoms. The van der Waals surface area contributed by atoms with Crippen molar-refractivity contribution in [3.8, 4) is 17.3 Å². The number of anilines is 1. The molecular weight excluding hydrogens is 344 g/mol. The van der Waals surface area contributed by atoms with Crippen molar-refractivity contribution < 1.29 is 14.3 Å². The number of nitrogens with one attached hydrogen (secondary N) is 1. The van der Waals surface area contributed by atoms with Crippen molar-refractivity contribution in [2.24, 2.45) is 4.99 Å². The predicted molar refractivity (Wildman–Crippen MR) is 102 cm³/mol. The highest BCUT2D eigenvalue weighted by Gasteiger charge is 2.07. The van der Waals surface area contributed by atoms with E-state index in [0.717, 1.165) is 5.69 Å². The number of carbonyl (C=O) groups is 1. The molecule has 1 N–H and O–H groups in total. The number of carbonyl (C=O) groups excluding carboxylic acids is 1. The molecule has 3 rings (SSSR count). The van der Waals surface area contributed by atoms with Gasteiger partial charge in [-0.05, 0) is 31.2 Å². The predicted octanol–water partition coefficient (Wildman–Crippen LogP) is 3.41. The Morgan fingerprint density at radius 1 is 1.15 bits per heavy atom. The summed E-state index contributed by atoms with van der Waals surface area (Å²) in [7, 11) is 1.54. The zero-order valence-corrected chi connectivity index (χ0v) is 15.1. The van der Waals surface area contributed by atoms with Crippen LogP contribution in [0.3, 0.4) is 0 Å². The minimum atomic E-state index is -0.527. The topological polar surface area (TPSA) is 77.7 Å². The molecule has 7 nitrogen and oxygen atoms in total. The summed E-state index contributed by atoms with van der Waals surface area (Å²) in [5.41, 5.74) is 1.40. The highest BCUT2D eigenvalue weighted by molar-refractivity contribution is 5.91. The number of nitrogens with zero attached hydrogens (tertiary/aromatic N) is 3. The van der Waals surface area contributed by atoms with E-state index in [1.165, 1.54) is 6.20 Å². The fourth-order valence-corrected chi connectivity index (χ4v) is 2.48. The molecule has 0 atom stereocenters. The van der Waals surface area contributed by atoms with E-state index in [1.807, 2.05) is 43.3 Å². The van der Waals surface area contributed by atoms with Gasteiger partial charge in [0, 0.05) is 6.07 Å². The lowest BCUT2D eigenvalue weighted by Crippen LogP contribution is -2.17. The number of para-hydroxylation sites is 3. The highest BCUT2D eigenvalue weighted by atomic mass is 16.5. The van der Waals surface area contributed by atoms with Crippen molar-refractivity contribution in [1.29, 1.82) is 0 Å². The molecule has 2 amide bonds. The highest BCUT2D eigenvalue weighted by Crippen LogP contribution is 2.23. The molecular formula is C20H20N4O3. The van der Waals surface area contributed by atoms with Gasteiger partial charge in [0.15, 0.2) is 0 Å². The van der Waals surface area contributed by atoms with E-state index >= 15 is 0 Å². The molecule has 0 saturated heterocycles. The molecule has 0 aliphatic heterocycles. The lowest BCUT2D eigenvalue weighted by atomic mass is 10.3. The summed E-state index contributed by atoms with van der Waals surface area (Å²) in [6.45, 7) is 2.35. The standard InChI is InChI=1S/C20H20N4O3/c1-3-27-19-13-15(14-21-24(19)16-9-5-4-6-10-16)22-20(25)23-17-11-7-8-12-18(17)26-2/h4-14H,3H2,1-2H3,(H,23,25)/b22-15-. The van der Waals surface area contributed by atoms with Gasteiger partial charge < -0.3 is 14.8 Å². The van der Waals surface area contributed by atoms with Crippen molar-refractivity contribution in [3.63, 3.8) is 0 Å². The van der Waals surface area contributed by atoms with Crippen LogP contribution in [0.15, 0.2) is 71.9 Å². The molecule has 2 aromatic carbocycles. The molecule has 0 unspecified atom stereocenters. The summed E-state index contributed by atoms with van der Waals surface area (Å²) in [5, 5.41) is 7.44. The summed E-state index contributed by atoms with van der Waals surface area (Å²) < 4.78 is 12.5. The molecule has 1 aromatic heterocycles. The van der Waals surface area contributed by atoms with Gasteiger partial charge in [0.1, 0.15) is 5.75 Å². The third-order valence-corrected chi connectivity index (χ3v) is 3.66. The smallest absolute Gasteiger partial charge is 0.346 e. The molecule has 27 heavy (non-hydrogen) atoms. The summed E-state index contributed by atoms with van der Waals surface area (Å²) in [4.78, 5) is 16.3. The molecule has 1 heterocycles. The van der Waals surface area contributed by atoms with Gasteiger partial charge in [-0.2, -0.15) is 10.1 Å². The lowest BCUT2D eigenvalue weighted by Gasteiger charge is -2.12. The maximum Gasteiger partial charge on any atom is 0.346 e. The van der Waals surface area contributed by atoms with Crippen molar-refractivity contribution in [2.75, 3.05) is 19.0 Å². The van der Waals surface area contributed by atoms with Gasteiger partial charge in [-0.3, -0.25) is 0 Å². The number of amides is 2. The Kier molecular flexibility index (Phi) is 5.84. The molecule has 0 spiro atoms. The first kappa shape index (κ1) is 18.2. The Balaban J connectivity index is 1.90. The van der Waals surface area contributed by atoms with Crippen molar-refractivity contribution in [1.82, 2.24) is 9.78 Å². The van der Waals surface area contributed by atoms with Gasteiger partial charge in [0.2, 0.25) is 5.88 Å².